The monoisotopic (exact) mass is 333 g/mol. The topological polar surface area (TPSA) is 76.1 Å². The van der Waals surface area contributed by atoms with Crippen molar-refractivity contribution in [2.24, 2.45) is 0 Å². The van der Waals surface area contributed by atoms with Gasteiger partial charge in [0.1, 0.15) is 5.60 Å². The van der Waals surface area contributed by atoms with Gasteiger partial charge in [0.05, 0.1) is 6.61 Å². The summed E-state index contributed by atoms with van der Waals surface area (Å²) in [6, 6.07) is -1.07. The average molecular weight is 334 g/mol. The van der Waals surface area contributed by atoms with Crippen molar-refractivity contribution < 1.29 is 23.9 Å². The van der Waals surface area contributed by atoms with Crippen LogP contribution in [-0.2, 0) is 14.0 Å². The Morgan fingerprint density at radius 1 is 1.14 bits per heavy atom. The van der Waals surface area contributed by atoms with Crippen LogP contribution in [-0.4, -0.2) is 55.7 Å². The third kappa shape index (κ3) is 6.35. The molecule has 0 unspecified atom stereocenters. The molecule has 130 valence electrons. The predicted molar refractivity (Wildman–Crippen MR) is 88.6 cm³/mol. The lowest BCUT2D eigenvalue weighted by Gasteiger charge is -2.38. The zero-order valence-electron chi connectivity index (χ0n) is 15.3. The van der Waals surface area contributed by atoms with Gasteiger partial charge < -0.3 is 14.3 Å². The second kappa shape index (κ2) is 7.00. The van der Waals surface area contributed by atoms with Crippen LogP contribution in [0.25, 0.3) is 0 Å². The zero-order chi connectivity index (χ0) is 17.9. The van der Waals surface area contributed by atoms with Gasteiger partial charge in [0.25, 0.3) is 0 Å². The number of carboxylic acids is 1. The van der Waals surface area contributed by atoms with Crippen LogP contribution in [0.2, 0.25) is 18.1 Å². The van der Waals surface area contributed by atoms with Crippen molar-refractivity contribution in [3.8, 4) is 0 Å². The summed E-state index contributed by atoms with van der Waals surface area (Å²) in [6.45, 7) is 15.5. The minimum atomic E-state index is -2.08. The first-order chi connectivity index (χ1) is 9.58. The largest absolute Gasteiger partial charge is 0.480 e. The van der Waals surface area contributed by atoms with Crippen molar-refractivity contribution in [3.63, 3.8) is 0 Å². The predicted octanol–water partition coefficient (Wildman–Crippen LogP) is 3.33. The van der Waals surface area contributed by atoms with Crippen LogP contribution in [0.5, 0.6) is 0 Å². The number of carbonyl (C=O) groups is 2. The molecule has 0 fully saturated rings. The van der Waals surface area contributed by atoms with Gasteiger partial charge in [-0.2, -0.15) is 0 Å². The molecular formula is C15H31NO5Si. The number of nitrogens with zero attached hydrogens (tertiary/aromatic N) is 1. The van der Waals surface area contributed by atoms with Gasteiger partial charge in [0, 0.05) is 7.05 Å². The van der Waals surface area contributed by atoms with Gasteiger partial charge in [-0.1, -0.05) is 20.8 Å². The molecule has 0 radical (unpaired) electrons. The molecule has 1 atom stereocenters. The first-order valence-corrected chi connectivity index (χ1v) is 10.3. The van der Waals surface area contributed by atoms with Gasteiger partial charge in [-0.25, -0.2) is 9.59 Å². The second-order valence-corrected chi connectivity index (χ2v) is 12.8. The number of hydrogen-bond acceptors (Lipinski definition) is 4. The van der Waals surface area contributed by atoms with Crippen LogP contribution in [0.3, 0.4) is 0 Å². The Balaban J connectivity index is 4.96. The molecule has 0 spiro atoms. The van der Waals surface area contributed by atoms with E-state index in [1.54, 1.807) is 20.8 Å². The normalized spacial score (nSPS) is 14.4. The Kier molecular flexibility index (Phi) is 6.65. The third-order valence-corrected chi connectivity index (χ3v) is 8.34. The molecule has 0 bridgehead atoms. The summed E-state index contributed by atoms with van der Waals surface area (Å²) in [5.41, 5.74) is -0.672. The maximum Gasteiger partial charge on any atom is 0.410 e. The number of carboxylic acid groups (broad SMARTS) is 1. The van der Waals surface area contributed by atoms with Crippen molar-refractivity contribution in [1.82, 2.24) is 4.90 Å². The van der Waals surface area contributed by atoms with Crippen LogP contribution in [0.4, 0.5) is 4.79 Å². The molecule has 6 nitrogen and oxygen atoms in total. The minimum absolute atomic E-state index is 0.0272. The molecule has 0 aliphatic heterocycles. The number of rotatable bonds is 5. The van der Waals surface area contributed by atoms with Gasteiger partial charge >= 0.3 is 12.1 Å². The molecule has 0 rings (SSSR count). The van der Waals surface area contributed by atoms with Crippen molar-refractivity contribution in [3.05, 3.63) is 0 Å². The summed E-state index contributed by atoms with van der Waals surface area (Å²) in [4.78, 5) is 24.6. The fourth-order valence-electron chi connectivity index (χ4n) is 1.31. The van der Waals surface area contributed by atoms with Gasteiger partial charge in [-0.15, -0.1) is 0 Å². The van der Waals surface area contributed by atoms with E-state index in [1.807, 2.05) is 13.1 Å². The molecule has 0 heterocycles. The summed E-state index contributed by atoms with van der Waals surface area (Å²) >= 11 is 0. The van der Waals surface area contributed by atoms with Crippen molar-refractivity contribution in [2.75, 3.05) is 13.7 Å². The van der Waals surface area contributed by atoms with E-state index >= 15 is 0 Å². The number of likely N-dealkylation sites (N-methyl/N-ethyl adjacent to an activating group) is 1. The van der Waals surface area contributed by atoms with Crippen molar-refractivity contribution in [1.29, 1.82) is 0 Å². The fourth-order valence-corrected chi connectivity index (χ4v) is 2.32. The van der Waals surface area contributed by atoms with Crippen LogP contribution in [0.1, 0.15) is 41.5 Å². The molecule has 0 saturated heterocycles. The van der Waals surface area contributed by atoms with Gasteiger partial charge in [-0.3, -0.25) is 4.90 Å². The molecule has 0 saturated carbocycles. The average Bonchev–Trinajstić information content (AvgIpc) is 2.24. The Hall–Kier alpha value is -1.08. The standard InChI is InChI=1S/C15H31NO5Si/c1-14(2,3)21-13(19)16(7)11(12(17)18)10-20-22(8,9)15(4,5)6/h11H,10H2,1-9H3,(H,17,18)/t11-/m1/s1. The summed E-state index contributed by atoms with van der Waals surface area (Å²) in [5.74, 6) is -1.10. The molecule has 0 aromatic carbocycles. The SMILES string of the molecule is CN(C(=O)OC(C)(C)C)[C@H](CO[Si](C)(C)C(C)(C)C)C(=O)O. The molecule has 1 amide bonds. The summed E-state index contributed by atoms with van der Waals surface area (Å²) in [7, 11) is -0.665. The lowest BCUT2D eigenvalue weighted by molar-refractivity contribution is -0.143. The summed E-state index contributed by atoms with van der Waals surface area (Å²) in [5, 5.41) is 9.35. The zero-order valence-corrected chi connectivity index (χ0v) is 16.3. The van der Waals surface area contributed by atoms with Crippen LogP contribution >= 0.6 is 0 Å². The molecule has 22 heavy (non-hydrogen) atoms. The van der Waals surface area contributed by atoms with E-state index in [0.29, 0.717) is 0 Å². The molecule has 0 aromatic heterocycles. The molecular weight excluding hydrogens is 302 g/mol. The van der Waals surface area contributed by atoms with E-state index in [9.17, 15) is 14.7 Å². The molecule has 0 aromatic rings. The molecule has 1 N–H and O–H groups in total. The second-order valence-electron chi connectivity index (χ2n) is 8.02. The van der Waals surface area contributed by atoms with Gasteiger partial charge in [-0.05, 0) is 38.9 Å². The first-order valence-electron chi connectivity index (χ1n) is 7.41. The maximum atomic E-state index is 12.0. The van der Waals surface area contributed by atoms with E-state index in [2.05, 4.69) is 20.8 Å². The Morgan fingerprint density at radius 2 is 1.59 bits per heavy atom. The highest BCUT2D eigenvalue weighted by molar-refractivity contribution is 6.74. The quantitative estimate of drug-likeness (QED) is 0.781. The number of amides is 1. The lowest BCUT2D eigenvalue weighted by Crippen LogP contribution is -2.50. The molecule has 0 aliphatic carbocycles. The van der Waals surface area contributed by atoms with Crippen LogP contribution < -0.4 is 0 Å². The summed E-state index contributed by atoms with van der Waals surface area (Å²) in [6.07, 6.45) is -0.668. The minimum Gasteiger partial charge on any atom is -0.480 e. The van der Waals surface area contributed by atoms with E-state index in [0.717, 1.165) is 4.90 Å². The Labute approximate surface area is 134 Å². The lowest BCUT2D eigenvalue weighted by atomic mass is 10.2. The smallest absolute Gasteiger partial charge is 0.410 e. The maximum absolute atomic E-state index is 12.0. The van der Waals surface area contributed by atoms with Crippen molar-refractivity contribution >= 4 is 20.4 Å². The Morgan fingerprint density at radius 3 is 1.91 bits per heavy atom. The van der Waals surface area contributed by atoms with Crippen LogP contribution in [0.15, 0.2) is 0 Å². The summed E-state index contributed by atoms with van der Waals surface area (Å²) < 4.78 is 11.1. The van der Waals surface area contributed by atoms with E-state index in [4.69, 9.17) is 9.16 Å². The Bertz CT molecular complexity index is 409. The highest BCUT2D eigenvalue weighted by atomic mass is 28.4. The highest BCUT2D eigenvalue weighted by Crippen LogP contribution is 2.36. The van der Waals surface area contributed by atoms with Crippen molar-refractivity contribution in [2.45, 2.75) is 71.3 Å². The van der Waals surface area contributed by atoms with Crippen LogP contribution in [0, 0.1) is 0 Å². The number of ether oxygens (including phenoxy) is 1. The molecule has 7 heteroatoms. The first kappa shape index (κ1) is 20.9. The fraction of sp³-hybridized carbons (Fsp3) is 0.867. The third-order valence-electron chi connectivity index (χ3n) is 3.84. The van der Waals surface area contributed by atoms with E-state index in [-0.39, 0.29) is 11.6 Å². The van der Waals surface area contributed by atoms with Gasteiger partial charge in [0.2, 0.25) is 0 Å². The van der Waals surface area contributed by atoms with Gasteiger partial charge in [0.15, 0.2) is 14.4 Å². The number of aliphatic carboxylic acids is 1. The highest BCUT2D eigenvalue weighted by Gasteiger charge is 2.39. The number of carbonyl (C=O) groups excluding carboxylic acids is 1. The molecule has 0 aliphatic rings. The van der Waals surface area contributed by atoms with E-state index < -0.39 is 32.0 Å². The number of hydrogen-bond donors (Lipinski definition) is 1. The van der Waals surface area contributed by atoms with E-state index in [1.165, 1.54) is 7.05 Å².